The molecule has 7 N–H and O–H groups in total. The van der Waals surface area contributed by atoms with E-state index in [0.717, 1.165) is 11.8 Å². The van der Waals surface area contributed by atoms with Crippen molar-refractivity contribution in [2.24, 2.45) is 17.6 Å². The zero-order valence-corrected chi connectivity index (χ0v) is 24.1. The summed E-state index contributed by atoms with van der Waals surface area (Å²) in [6, 6.07) is 2.19. The lowest BCUT2D eigenvalue weighted by Crippen LogP contribution is -2.68. The smallest absolute Gasteiger partial charge is 0.255 e. The Labute approximate surface area is 234 Å². The molecular weight excluding hydrogens is 572 g/mol. The van der Waals surface area contributed by atoms with Gasteiger partial charge in [-0.3, -0.25) is 19.3 Å². The molecule has 1 aromatic carbocycles. The minimum absolute atomic E-state index is 0.0695. The zero-order valence-electron chi connectivity index (χ0n) is 22.5. The average Bonchev–Trinajstić information content (AvgIpc) is 2.84. The number of fused-ring (bicyclic) bond motifs is 3. The topological polar surface area (TPSA) is 182 Å². The molecule has 0 saturated carbocycles. The van der Waals surface area contributed by atoms with Crippen LogP contribution in [0.4, 0.5) is 0 Å². The van der Waals surface area contributed by atoms with Crippen LogP contribution in [-0.4, -0.2) is 85.1 Å². The number of amides is 1. The minimum atomic E-state index is -2.92. The Morgan fingerprint density at radius 1 is 1.18 bits per heavy atom. The fourth-order valence-electron chi connectivity index (χ4n) is 6.81. The standard InChI is InChI=1S/C28H35BrN2O8/c1-11-12-7-8-13(27(2,3)9-6-10-29)20(32)15(12)21(33)16-14(11)22(34)18-19(31(4)5)23(35)17(26(30)38)25(37)28(18,39)24(16)36/h7-8,11,14,18-19,22,32,34-36,39H,6,9-10H2,1-5H3,(H2,30,38)/t11-,14-,18+,19-,22-,28+/m1/s1. The van der Waals surface area contributed by atoms with Crippen LogP contribution in [0.2, 0.25) is 0 Å². The zero-order chi connectivity index (χ0) is 29.4. The summed E-state index contributed by atoms with van der Waals surface area (Å²) < 4.78 is 0. The Hall–Kier alpha value is -2.73. The van der Waals surface area contributed by atoms with E-state index in [1.54, 1.807) is 19.1 Å². The number of halogens is 1. The first-order chi connectivity index (χ1) is 18.0. The van der Waals surface area contributed by atoms with E-state index in [1.165, 1.54) is 19.0 Å². The highest BCUT2D eigenvalue weighted by Crippen LogP contribution is 2.56. The number of aromatic hydroxyl groups is 1. The second-order valence-electron chi connectivity index (χ2n) is 11.7. The molecule has 6 atom stereocenters. The van der Waals surface area contributed by atoms with Gasteiger partial charge in [0.1, 0.15) is 22.8 Å². The van der Waals surface area contributed by atoms with E-state index < -0.39 is 81.1 Å². The van der Waals surface area contributed by atoms with Crippen molar-refractivity contribution in [3.63, 3.8) is 0 Å². The highest BCUT2D eigenvalue weighted by Gasteiger charge is 2.67. The SMILES string of the molecule is C[C@@H]1c2ccc(C(C)(C)CCCBr)c(O)c2C(=O)C2=C(O)[C@]3(O)C(=O)C(C(N)=O)=C(O)[C@H](N(C)C)[C@H]3[C@H](O)[C@@H]21. The molecule has 0 radical (unpaired) electrons. The van der Waals surface area contributed by atoms with Crippen LogP contribution < -0.4 is 5.73 Å². The maximum Gasteiger partial charge on any atom is 0.255 e. The number of hydrogen-bond acceptors (Lipinski definition) is 9. The van der Waals surface area contributed by atoms with Crippen LogP contribution in [0, 0.1) is 11.8 Å². The van der Waals surface area contributed by atoms with Gasteiger partial charge in [0.05, 0.1) is 23.6 Å². The van der Waals surface area contributed by atoms with Crippen LogP contribution in [0.3, 0.4) is 0 Å². The molecule has 0 unspecified atom stereocenters. The summed E-state index contributed by atoms with van der Waals surface area (Å²) in [5, 5.41) is 58.0. The van der Waals surface area contributed by atoms with E-state index in [0.29, 0.717) is 17.5 Å². The highest BCUT2D eigenvalue weighted by atomic mass is 79.9. The number of Topliss-reactive ketones (excluding diaryl/α,β-unsaturated/α-hetero) is 2. The number of nitrogens with zero attached hydrogens (tertiary/aromatic N) is 1. The van der Waals surface area contributed by atoms with Gasteiger partial charge in [0.25, 0.3) is 5.91 Å². The molecule has 1 amide bonds. The summed E-state index contributed by atoms with van der Waals surface area (Å²) in [6.07, 6.45) is -0.0876. The highest BCUT2D eigenvalue weighted by molar-refractivity contribution is 9.09. The molecule has 3 aliphatic carbocycles. The molecule has 0 saturated heterocycles. The monoisotopic (exact) mass is 606 g/mol. The number of phenolic OH excluding ortho intramolecular Hbond substituents is 1. The van der Waals surface area contributed by atoms with Gasteiger partial charge in [-0.2, -0.15) is 0 Å². The van der Waals surface area contributed by atoms with Gasteiger partial charge in [0.15, 0.2) is 11.4 Å². The first kappa shape index (κ1) is 29.3. The van der Waals surface area contributed by atoms with Crippen LogP contribution in [0.25, 0.3) is 0 Å². The van der Waals surface area contributed by atoms with Crippen LogP contribution in [-0.2, 0) is 15.0 Å². The van der Waals surface area contributed by atoms with Gasteiger partial charge in [0, 0.05) is 22.4 Å². The molecule has 212 valence electrons. The lowest BCUT2D eigenvalue weighted by atomic mass is 9.55. The Morgan fingerprint density at radius 3 is 2.33 bits per heavy atom. The van der Waals surface area contributed by atoms with Crippen molar-refractivity contribution in [1.29, 1.82) is 0 Å². The van der Waals surface area contributed by atoms with Crippen LogP contribution >= 0.6 is 15.9 Å². The molecule has 0 heterocycles. The molecule has 10 nitrogen and oxygen atoms in total. The van der Waals surface area contributed by atoms with Gasteiger partial charge < -0.3 is 31.3 Å². The molecule has 0 aromatic heterocycles. The number of carbonyl (C=O) groups excluding carboxylic acids is 3. The summed E-state index contributed by atoms with van der Waals surface area (Å²) in [4.78, 5) is 41.0. The first-order valence-corrected chi connectivity index (χ1v) is 13.9. The van der Waals surface area contributed by atoms with Gasteiger partial charge in [-0.05, 0) is 43.8 Å². The van der Waals surface area contributed by atoms with E-state index in [9.17, 15) is 39.9 Å². The van der Waals surface area contributed by atoms with Gasteiger partial charge in [-0.1, -0.05) is 48.8 Å². The molecular formula is C28H35BrN2O8. The second kappa shape index (κ2) is 9.72. The Kier molecular flexibility index (Phi) is 7.29. The van der Waals surface area contributed by atoms with Gasteiger partial charge in [0.2, 0.25) is 5.78 Å². The Balaban J connectivity index is 1.99. The van der Waals surface area contributed by atoms with Crippen LogP contribution in [0.15, 0.2) is 34.8 Å². The maximum absolute atomic E-state index is 14.0. The summed E-state index contributed by atoms with van der Waals surface area (Å²) >= 11 is 3.41. The third kappa shape index (κ3) is 3.96. The molecule has 4 rings (SSSR count). The summed E-state index contributed by atoms with van der Waals surface area (Å²) in [5.74, 6) is -8.83. The quantitative estimate of drug-likeness (QED) is 0.208. The molecule has 0 spiro atoms. The number of primary amides is 1. The summed E-state index contributed by atoms with van der Waals surface area (Å²) in [7, 11) is 3.00. The van der Waals surface area contributed by atoms with Gasteiger partial charge in [-0.15, -0.1) is 0 Å². The van der Waals surface area contributed by atoms with Crippen molar-refractivity contribution in [3.05, 3.63) is 51.5 Å². The van der Waals surface area contributed by atoms with E-state index in [-0.39, 0.29) is 11.3 Å². The van der Waals surface area contributed by atoms with Crippen molar-refractivity contribution in [3.8, 4) is 5.75 Å². The van der Waals surface area contributed by atoms with E-state index in [1.807, 2.05) is 13.8 Å². The molecule has 39 heavy (non-hydrogen) atoms. The third-order valence-electron chi connectivity index (χ3n) is 8.80. The third-order valence-corrected chi connectivity index (χ3v) is 9.36. The molecule has 3 aliphatic rings. The summed E-state index contributed by atoms with van der Waals surface area (Å²) in [5.41, 5.74) is 1.51. The Bertz CT molecular complexity index is 1330. The predicted octanol–water partition coefficient (Wildman–Crippen LogP) is 2.11. The van der Waals surface area contributed by atoms with Gasteiger partial charge in [-0.25, -0.2) is 0 Å². The molecule has 0 aliphatic heterocycles. The predicted molar refractivity (Wildman–Crippen MR) is 146 cm³/mol. The lowest BCUT2D eigenvalue weighted by molar-refractivity contribution is -0.162. The van der Waals surface area contributed by atoms with Crippen molar-refractivity contribution in [2.75, 3.05) is 19.4 Å². The molecule has 0 fully saturated rings. The van der Waals surface area contributed by atoms with Crippen molar-refractivity contribution in [2.45, 2.75) is 62.7 Å². The first-order valence-electron chi connectivity index (χ1n) is 12.8. The van der Waals surface area contributed by atoms with Crippen molar-refractivity contribution >= 4 is 33.4 Å². The number of alkyl halides is 1. The number of benzene rings is 1. The largest absolute Gasteiger partial charge is 0.510 e. The molecule has 0 bridgehead atoms. The van der Waals surface area contributed by atoms with Crippen LogP contribution in [0.1, 0.15) is 61.0 Å². The van der Waals surface area contributed by atoms with E-state index in [2.05, 4.69) is 15.9 Å². The van der Waals surface area contributed by atoms with Crippen LogP contribution in [0.5, 0.6) is 5.75 Å². The van der Waals surface area contributed by atoms with Crippen molar-refractivity contribution < 1.29 is 39.9 Å². The fraction of sp³-hybridized carbons (Fsp3) is 0.536. The average molecular weight is 607 g/mol. The van der Waals surface area contributed by atoms with Gasteiger partial charge >= 0.3 is 0 Å². The number of hydrogen-bond donors (Lipinski definition) is 6. The number of likely N-dealkylation sites (N-methyl/N-ethyl adjacent to an activating group) is 1. The minimum Gasteiger partial charge on any atom is -0.510 e. The van der Waals surface area contributed by atoms with E-state index in [4.69, 9.17) is 5.73 Å². The lowest BCUT2D eigenvalue weighted by Gasteiger charge is -2.53. The van der Waals surface area contributed by atoms with Crippen molar-refractivity contribution in [1.82, 2.24) is 4.90 Å². The number of aliphatic hydroxyl groups is 4. The normalized spacial score (nSPS) is 30.8. The maximum atomic E-state index is 14.0. The van der Waals surface area contributed by atoms with E-state index >= 15 is 0 Å². The molecule has 1 aromatic rings. The second-order valence-corrected chi connectivity index (χ2v) is 12.4. The Morgan fingerprint density at radius 2 is 1.79 bits per heavy atom. The number of nitrogens with two attached hydrogens (primary N) is 1. The number of phenols is 1. The molecule has 11 heteroatoms. The number of carbonyl (C=O) groups is 3. The number of rotatable bonds is 6. The summed E-state index contributed by atoms with van der Waals surface area (Å²) in [6.45, 7) is 5.60. The number of aliphatic hydroxyl groups excluding tert-OH is 3. The number of ketones is 2. The fourth-order valence-corrected chi connectivity index (χ4v) is 7.09.